The molecule has 2 aliphatic heterocycles. The maximum atomic E-state index is 14.9. The molecule has 0 bridgehead atoms. The van der Waals surface area contributed by atoms with Gasteiger partial charge >= 0.3 is 0 Å². The second-order valence-electron chi connectivity index (χ2n) is 11.1. The lowest BCUT2D eigenvalue weighted by Crippen LogP contribution is -2.62. The number of amides is 1. The minimum Gasteiger partial charge on any atom is -0.494 e. The van der Waals surface area contributed by atoms with E-state index in [0.717, 1.165) is 17.4 Å². The summed E-state index contributed by atoms with van der Waals surface area (Å²) in [5, 5.41) is 8.76. The van der Waals surface area contributed by atoms with Crippen molar-refractivity contribution in [2.45, 2.75) is 44.6 Å². The fourth-order valence-corrected chi connectivity index (χ4v) is 6.11. The van der Waals surface area contributed by atoms with Crippen LogP contribution in [0, 0.1) is 0 Å². The summed E-state index contributed by atoms with van der Waals surface area (Å²) < 4.78 is 12.2. The molecule has 0 radical (unpaired) electrons. The number of nitrogens with one attached hydrogen (secondary N) is 2. The molecule has 2 fully saturated rings. The van der Waals surface area contributed by atoms with Crippen molar-refractivity contribution in [3.63, 3.8) is 0 Å². The highest BCUT2D eigenvalue weighted by Gasteiger charge is 2.54. The lowest BCUT2D eigenvalue weighted by atomic mass is 9.95. The van der Waals surface area contributed by atoms with Gasteiger partial charge in [-0.15, -0.1) is 0 Å². The number of hydrogen-bond acceptors (Lipinski definition) is 7. The number of aldehydes is 1. The molecule has 0 aliphatic carbocycles. The normalized spacial score (nSPS) is 22.5. The van der Waals surface area contributed by atoms with Crippen molar-refractivity contribution in [2.75, 3.05) is 39.3 Å². The number of carbonyl (C=O) groups is 2. The average molecular weight is 626 g/mol. The largest absolute Gasteiger partial charge is 0.494 e. The first-order valence-electron chi connectivity index (χ1n) is 14.7. The molecule has 2 saturated heterocycles. The minimum absolute atomic E-state index is 0.119. The summed E-state index contributed by atoms with van der Waals surface area (Å²) in [6, 6.07) is 20.4. The number of halogens is 2. The maximum Gasteiger partial charge on any atom is 0.262 e. The van der Waals surface area contributed by atoms with E-state index < -0.39 is 5.66 Å². The molecule has 3 aromatic carbocycles. The molecule has 2 atom stereocenters. The molecule has 43 heavy (non-hydrogen) atoms. The van der Waals surface area contributed by atoms with Crippen molar-refractivity contribution < 1.29 is 19.1 Å². The third kappa shape index (κ3) is 6.84. The smallest absolute Gasteiger partial charge is 0.262 e. The molecule has 2 heterocycles. The van der Waals surface area contributed by atoms with E-state index in [1.807, 2.05) is 92.4 Å². The standard InChI is InChI=1S/C33H38Cl2N4O4/c1-4-42-27-13-14-28(29(21-27)43-22(2)3)33(32(41)39-17-15-38(16-18-39)19-20-40)36-30(23-5-9-25(34)10-6-23)31(37-33)24-7-11-26(35)12-8-24/h5-14,20-22,30-31,36-37H,4,15-19H2,1-3H3. The van der Waals surface area contributed by atoms with Crippen molar-refractivity contribution in [3.05, 3.63) is 93.5 Å². The number of nitrogens with zero attached hydrogens (tertiary/aromatic N) is 2. The maximum absolute atomic E-state index is 14.9. The fourth-order valence-electron chi connectivity index (χ4n) is 5.86. The zero-order valence-electron chi connectivity index (χ0n) is 24.7. The molecule has 2 unspecified atom stereocenters. The van der Waals surface area contributed by atoms with E-state index in [0.29, 0.717) is 66.4 Å². The Morgan fingerprint density at radius 1 is 0.930 bits per heavy atom. The second-order valence-corrected chi connectivity index (χ2v) is 12.0. The molecular weight excluding hydrogens is 587 g/mol. The summed E-state index contributed by atoms with van der Waals surface area (Å²) in [4.78, 5) is 29.9. The second kappa shape index (κ2) is 13.7. The Morgan fingerprint density at radius 3 is 1.98 bits per heavy atom. The van der Waals surface area contributed by atoms with Gasteiger partial charge in [0.15, 0.2) is 5.66 Å². The van der Waals surface area contributed by atoms with Crippen LogP contribution in [0.2, 0.25) is 10.0 Å². The van der Waals surface area contributed by atoms with E-state index >= 15 is 0 Å². The number of benzene rings is 3. The fraction of sp³-hybridized carbons (Fsp3) is 0.394. The van der Waals surface area contributed by atoms with E-state index in [-0.39, 0.29) is 24.1 Å². The molecule has 0 aromatic heterocycles. The van der Waals surface area contributed by atoms with Gasteiger partial charge in [-0.05, 0) is 68.3 Å². The zero-order chi connectivity index (χ0) is 30.6. The number of carbonyl (C=O) groups excluding carboxylic acids is 2. The van der Waals surface area contributed by atoms with Crippen molar-refractivity contribution in [1.82, 2.24) is 20.4 Å². The Kier molecular flexibility index (Phi) is 9.94. The van der Waals surface area contributed by atoms with E-state index in [9.17, 15) is 9.59 Å². The van der Waals surface area contributed by atoms with Crippen LogP contribution in [0.25, 0.3) is 0 Å². The van der Waals surface area contributed by atoms with Gasteiger partial charge in [-0.2, -0.15) is 0 Å². The first-order valence-corrected chi connectivity index (χ1v) is 15.4. The van der Waals surface area contributed by atoms with Gasteiger partial charge in [0.2, 0.25) is 0 Å². The lowest BCUT2D eigenvalue weighted by molar-refractivity contribution is -0.141. The summed E-state index contributed by atoms with van der Waals surface area (Å²) >= 11 is 12.5. The predicted molar refractivity (Wildman–Crippen MR) is 169 cm³/mol. The zero-order valence-corrected chi connectivity index (χ0v) is 26.2. The van der Waals surface area contributed by atoms with Crippen LogP contribution in [0.3, 0.4) is 0 Å². The third-order valence-corrected chi connectivity index (χ3v) is 8.38. The van der Waals surface area contributed by atoms with Gasteiger partial charge < -0.3 is 19.2 Å². The van der Waals surface area contributed by atoms with Crippen LogP contribution in [-0.4, -0.2) is 67.4 Å². The van der Waals surface area contributed by atoms with Crippen molar-refractivity contribution in [3.8, 4) is 11.5 Å². The molecule has 3 aromatic rings. The monoisotopic (exact) mass is 624 g/mol. The predicted octanol–water partition coefficient (Wildman–Crippen LogP) is 5.35. The molecule has 5 rings (SSSR count). The molecule has 10 heteroatoms. The molecule has 2 N–H and O–H groups in total. The van der Waals surface area contributed by atoms with Gasteiger partial charge in [-0.3, -0.25) is 20.3 Å². The van der Waals surface area contributed by atoms with Gasteiger partial charge in [0.25, 0.3) is 5.91 Å². The van der Waals surface area contributed by atoms with E-state index in [1.165, 1.54) is 0 Å². The van der Waals surface area contributed by atoms with Gasteiger partial charge in [0, 0.05) is 47.9 Å². The van der Waals surface area contributed by atoms with Crippen LogP contribution < -0.4 is 20.1 Å². The van der Waals surface area contributed by atoms with Gasteiger partial charge in [0.1, 0.15) is 17.8 Å². The molecule has 0 saturated carbocycles. The Bertz CT molecular complexity index is 1360. The summed E-state index contributed by atoms with van der Waals surface area (Å²) in [6.07, 6.45) is 0.761. The Morgan fingerprint density at radius 2 is 1.49 bits per heavy atom. The first kappa shape index (κ1) is 31.3. The van der Waals surface area contributed by atoms with Crippen LogP contribution in [0.15, 0.2) is 66.7 Å². The number of hydrogen-bond donors (Lipinski definition) is 2. The van der Waals surface area contributed by atoms with Crippen molar-refractivity contribution >= 4 is 35.4 Å². The first-order chi connectivity index (χ1) is 20.7. The molecular formula is C33H38Cl2N4O4. The van der Waals surface area contributed by atoms with Crippen LogP contribution in [0.1, 0.15) is 49.5 Å². The third-order valence-electron chi connectivity index (χ3n) is 7.88. The molecule has 1 amide bonds. The minimum atomic E-state index is -1.35. The van der Waals surface area contributed by atoms with E-state index in [2.05, 4.69) is 15.5 Å². The van der Waals surface area contributed by atoms with Crippen LogP contribution >= 0.6 is 23.2 Å². The SMILES string of the molecule is CCOc1ccc(C2(C(=O)N3CCN(CC=O)CC3)NC(c3ccc(Cl)cc3)C(c3ccc(Cl)cc3)N2)c(OC(C)C)c1. The number of rotatable bonds is 10. The van der Waals surface area contributed by atoms with E-state index in [1.54, 1.807) is 0 Å². The number of ether oxygens (including phenoxy) is 2. The highest BCUT2D eigenvalue weighted by atomic mass is 35.5. The highest BCUT2D eigenvalue weighted by molar-refractivity contribution is 6.30. The van der Waals surface area contributed by atoms with Crippen LogP contribution in [0.5, 0.6) is 11.5 Å². The van der Waals surface area contributed by atoms with Crippen LogP contribution in [-0.2, 0) is 15.3 Å². The van der Waals surface area contributed by atoms with Gasteiger partial charge in [-0.25, -0.2) is 0 Å². The molecule has 8 nitrogen and oxygen atoms in total. The quantitative estimate of drug-likeness (QED) is 0.294. The average Bonchev–Trinajstić information content (AvgIpc) is 3.40. The molecule has 0 spiro atoms. The molecule has 2 aliphatic rings. The van der Waals surface area contributed by atoms with Crippen LogP contribution in [0.4, 0.5) is 0 Å². The van der Waals surface area contributed by atoms with Crippen molar-refractivity contribution in [2.24, 2.45) is 0 Å². The van der Waals surface area contributed by atoms with E-state index in [4.69, 9.17) is 32.7 Å². The topological polar surface area (TPSA) is 83.1 Å². The Hall–Kier alpha value is -3.14. The Balaban J connectivity index is 1.65. The van der Waals surface area contributed by atoms with Gasteiger partial charge in [-0.1, -0.05) is 47.5 Å². The Labute approximate surface area is 263 Å². The summed E-state index contributed by atoms with van der Waals surface area (Å²) in [5.74, 6) is 1.10. The van der Waals surface area contributed by atoms with Gasteiger partial charge in [0.05, 0.1) is 31.3 Å². The summed E-state index contributed by atoms with van der Waals surface area (Å²) in [5.41, 5.74) is 1.26. The highest BCUT2D eigenvalue weighted by Crippen LogP contribution is 2.45. The summed E-state index contributed by atoms with van der Waals surface area (Å²) in [7, 11) is 0. The number of piperazine rings is 1. The molecule has 228 valence electrons. The summed E-state index contributed by atoms with van der Waals surface area (Å²) in [6.45, 7) is 8.91. The van der Waals surface area contributed by atoms with Crippen molar-refractivity contribution in [1.29, 1.82) is 0 Å². The lowest BCUT2D eigenvalue weighted by Gasteiger charge is -2.40.